The van der Waals surface area contributed by atoms with E-state index in [-0.39, 0.29) is 4.87 Å². The molecule has 2 atom stereocenters. The van der Waals surface area contributed by atoms with E-state index in [9.17, 15) is 4.79 Å². The molecule has 1 aromatic rings. The Morgan fingerprint density at radius 3 is 3.06 bits per heavy atom. The second kappa shape index (κ2) is 3.50. The van der Waals surface area contributed by atoms with Crippen LogP contribution in [0.2, 0.25) is 0 Å². The highest BCUT2D eigenvalue weighted by Crippen LogP contribution is 2.48. The summed E-state index contributed by atoms with van der Waals surface area (Å²) in [5, 5.41) is 12.3. The van der Waals surface area contributed by atoms with E-state index in [1.54, 1.807) is 11.8 Å². The van der Waals surface area contributed by atoms with Crippen LogP contribution in [0.5, 0.6) is 0 Å². The molecule has 2 N–H and O–H groups in total. The van der Waals surface area contributed by atoms with Crippen molar-refractivity contribution in [3.8, 4) is 0 Å². The summed E-state index contributed by atoms with van der Waals surface area (Å²) in [6.45, 7) is 0. The van der Waals surface area contributed by atoms with Gasteiger partial charge in [0.05, 0.1) is 4.87 Å². The van der Waals surface area contributed by atoms with Crippen molar-refractivity contribution in [2.24, 2.45) is 0 Å². The molecule has 1 aliphatic carbocycles. The van der Waals surface area contributed by atoms with Gasteiger partial charge in [-0.25, -0.2) is 0 Å². The first kappa shape index (κ1) is 10.2. The Bertz CT molecular complexity index is 448. The molecule has 1 aliphatic heterocycles. The van der Waals surface area contributed by atoms with E-state index in [0.29, 0.717) is 5.75 Å². The second-order valence-electron chi connectivity index (χ2n) is 4.33. The first-order chi connectivity index (χ1) is 7.71. The summed E-state index contributed by atoms with van der Waals surface area (Å²) in [6.07, 6.45) is 2.04. The highest BCUT2D eigenvalue weighted by molar-refractivity contribution is 8.00. The van der Waals surface area contributed by atoms with Gasteiger partial charge >= 0.3 is 5.97 Å². The smallest absolute Gasteiger partial charge is 0.321 e. The van der Waals surface area contributed by atoms with Crippen molar-refractivity contribution < 1.29 is 9.90 Å². The fourth-order valence-electron chi connectivity index (χ4n) is 2.60. The number of benzene rings is 1. The van der Waals surface area contributed by atoms with Crippen molar-refractivity contribution in [1.29, 1.82) is 0 Å². The maximum atomic E-state index is 11.0. The molecule has 3 nitrogen and oxygen atoms in total. The molecule has 3 rings (SSSR count). The number of carbonyl (C=O) groups is 1. The van der Waals surface area contributed by atoms with Gasteiger partial charge in [-0.3, -0.25) is 10.1 Å². The molecule has 4 heteroatoms. The fourth-order valence-corrected chi connectivity index (χ4v) is 4.10. The quantitative estimate of drug-likeness (QED) is 0.776. The molecule has 0 bridgehead atoms. The summed E-state index contributed by atoms with van der Waals surface area (Å²) in [6, 6.07) is 7.93. The number of carboxylic acids is 1. The average Bonchev–Trinajstić information content (AvgIpc) is 2.87. The highest BCUT2D eigenvalue weighted by Gasteiger charge is 2.46. The molecule has 16 heavy (non-hydrogen) atoms. The number of hydrogen-bond donors (Lipinski definition) is 2. The van der Waals surface area contributed by atoms with Crippen LogP contribution in [0.1, 0.15) is 17.5 Å². The van der Waals surface area contributed by atoms with Crippen LogP contribution < -0.4 is 5.32 Å². The zero-order valence-corrected chi connectivity index (χ0v) is 9.59. The van der Waals surface area contributed by atoms with Crippen molar-refractivity contribution in [2.75, 3.05) is 5.75 Å². The monoisotopic (exact) mass is 235 g/mol. The van der Waals surface area contributed by atoms with E-state index < -0.39 is 12.0 Å². The molecular weight excluding hydrogens is 222 g/mol. The Morgan fingerprint density at radius 2 is 2.31 bits per heavy atom. The van der Waals surface area contributed by atoms with Gasteiger partial charge in [-0.1, -0.05) is 24.3 Å². The Morgan fingerprint density at radius 1 is 1.50 bits per heavy atom. The van der Waals surface area contributed by atoms with Crippen LogP contribution in [0, 0.1) is 0 Å². The van der Waals surface area contributed by atoms with E-state index in [2.05, 4.69) is 17.4 Å². The molecule has 1 fully saturated rings. The van der Waals surface area contributed by atoms with Crippen molar-refractivity contribution >= 4 is 17.7 Å². The minimum absolute atomic E-state index is 0.139. The molecule has 1 aromatic carbocycles. The van der Waals surface area contributed by atoms with E-state index in [1.807, 2.05) is 12.1 Å². The molecule has 0 aromatic heterocycles. The predicted molar refractivity (Wildman–Crippen MR) is 63.5 cm³/mol. The number of aryl methyl sites for hydroxylation is 1. The Hall–Kier alpha value is -1.00. The Kier molecular flexibility index (Phi) is 2.23. The molecule has 84 valence electrons. The standard InChI is InChI=1S/C12H13NO2S/c14-11(15)10-7-16-12(13-10)6-5-8-3-1-2-4-9(8)12/h1-4,10,13H,5-7H2,(H,14,15)/t10-,12?/m1/s1. The normalized spacial score (nSPS) is 31.9. The largest absolute Gasteiger partial charge is 0.480 e. The van der Waals surface area contributed by atoms with Crippen LogP contribution in [0.3, 0.4) is 0 Å². The number of carboxylic acid groups (broad SMARTS) is 1. The van der Waals surface area contributed by atoms with Crippen LogP contribution >= 0.6 is 11.8 Å². The first-order valence-electron chi connectivity index (χ1n) is 5.44. The van der Waals surface area contributed by atoms with Crippen LogP contribution in [0.4, 0.5) is 0 Å². The van der Waals surface area contributed by atoms with Crippen molar-refractivity contribution in [3.63, 3.8) is 0 Å². The fraction of sp³-hybridized carbons (Fsp3) is 0.417. The topological polar surface area (TPSA) is 49.3 Å². The number of rotatable bonds is 1. The summed E-state index contributed by atoms with van der Waals surface area (Å²) < 4.78 is 0. The van der Waals surface area contributed by atoms with Crippen LogP contribution in [-0.4, -0.2) is 22.9 Å². The number of fused-ring (bicyclic) bond motifs is 2. The van der Waals surface area contributed by atoms with Crippen molar-refractivity contribution in [1.82, 2.24) is 5.32 Å². The van der Waals surface area contributed by atoms with Gasteiger partial charge in [0.1, 0.15) is 6.04 Å². The molecule has 0 amide bonds. The zero-order chi connectivity index (χ0) is 11.2. The molecule has 0 radical (unpaired) electrons. The first-order valence-corrected chi connectivity index (χ1v) is 6.43. The van der Waals surface area contributed by atoms with Gasteiger partial charge in [-0.2, -0.15) is 0 Å². The number of hydrogen-bond acceptors (Lipinski definition) is 3. The minimum atomic E-state index is -0.742. The summed E-state index contributed by atoms with van der Waals surface area (Å²) in [5.74, 6) is -0.0855. The summed E-state index contributed by atoms with van der Waals surface area (Å²) in [5.41, 5.74) is 2.64. The Labute approximate surface area is 98.2 Å². The lowest BCUT2D eigenvalue weighted by Gasteiger charge is -2.24. The molecule has 1 spiro atoms. The summed E-state index contributed by atoms with van der Waals surface area (Å²) >= 11 is 1.74. The van der Waals surface area contributed by atoms with Crippen LogP contribution in [0.15, 0.2) is 24.3 Å². The third kappa shape index (κ3) is 1.37. The predicted octanol–water partition coefficient (Wildman–Crippen LogP) is 1.58. The van der Waals surface area contributed by atoms with E-state index >= 15 is 0 Å². The minimum Gasteiger partial charge on any atom is -0.480 e. The highest BCUT2D eigenvalue weighted by atomic mass is 32.2. The molecular formula is C12H13NO2S. The lowest BCUT2D eigenvalue weighted by Crippen LogP contribution is -2.42. The van der Waals surface area contributed by atoms with Crippen LogP contribution in [0.25, 0.3) is 0 Å². The van der Waals surface area contributed by atoms with Gasteiger partial charge in [-0.15, -0.1) is 11.8 Å². The van der Waals surface area contributed by atoms with Gasteiger partial charge in [-0.05, 0) is 24.0 Å². The maximum absolute atomic E-state index is 11.0. The number of thioether (sulfide) groups is 1. The van der Waals surface area contributed by atoms with Gasteiger partial charge in [0, 0.05) is 5.75 Å². The van der Waals surface area contributed by atoms with E-state index in [4.69, 9.17) is 5.11 Å². The van der Waals surface area contributed by atoms with Gasteiger partial charge in [0.25, 0.3) is 0 Å². The third-order valence-corrected chi connectivity index (χ3v) is 4.94. The molecule has 1 unspecified atom stereocenters. The second-order valence-corrected chi connectivity index (χ2v) is 5.65. The maximum Gasteiger partial charge on any atom is 0.321 e. The average molecular weight is 235 g/mol. The number of aliphatic carboxylic acids is 1. The lowest BCUT2D eigenvalue weighted by molar-refractivity contribution is -0.138. The molecule has 1 saturated heterocycles. The van der Waals surface area contributed by atoms with Gasteiger partial charge in [0.15, 0.2) is 0 Å². The Balaban J connectivity index is 1.95. The molecule has 1 heterocycles. The zero-order valence-electron chi connectivity index (χ0n) is 8.77. The summed E-state index contributed by atoms with van der Waals surface area (Å²) in [7, 11) is 0. The van der Waals surface area contributed by atoms with Crippen molar-refractivity contribution in [2.45, 2.75) is 23.8 Å². The van der Waals surface area contributed by atoms with Crippen molar-refractivity contribution in [3.05, 3.63) is 35.4 Å². The van der Waals surface area contributed by atoms with Crippen LogP contribution in [-0.2, 0) is 16.1 Å². The number of nitrogens with one attached hydrogen (secondary N) is 1. The SMILES string of the molecule is O=C(O)[C@H]1CSC2(CCc3ccccc32)N1. The van der Waals surface area contributed by atoms with Gasteiger partial charge in [0.2, 0.25) is 0 Å². The summed E-state index contributed by atoms with van der Waals surface area (Å²) in [4.78, 5) is 10.8. The molecule has 0 saturated carbocycles. The lowest BCUT2D eigenvalue weighted by atomic mass is 10.1. The molecule has 2 aliphatic rings. The van der Waals surface area contributed by atoms with E-state index in [0.717, 1.165) is 12.8 Å². The van der Waals surface area contributed by atoms with Gasteiger partial charge < -0.3 is 5.11 Å². The third-order valence-electron chi connectivity index (χ3n) is 3.40. The van der Waals surface area contributed by atoms with E-state index in [1.165, 1.54) is 11.1 Å².